The van der Waals surface area contributed by atoms with Gasteiger partial charge in [-0.1, -0.05) is 6.07 Å². The molecule has 1 aromatic heterocycles. The van der Waals surface area contributed by atoms with Crippen LogP contribution in [-0.4, -0.2) is 55.2 Å². The van der Waals surface area contributed by atoms with Gasteiger partial charge >= 0.3 is 0 Å². The zero-order valence-electron chi connectivity index (χ0n) is 13.0. The Morgan fingerprint density at radius 3 is 3.00 bits per heavy atom. The lowest BCUT2D eigenvalue weighted by molar-refractivity contribution is -0.117. The third kappa shape index (κ3) is 6.06. The number of pyridine rings is 1. The molecular formula is C16H21N5O2. The van der Waals surface area contributed by atoms with Crippen LogP contribution < -0.4 is 10.6 Å². The first-order valence-corrected chi connectivity index (χ1v) is 7.60. The molecule has 1 amide bonds. The fourth-order valence-electron chi connectivity index (χ4n) is 2.15. The first-order chi connectivity index (χ1) is 11.3. The normalized spacial score (nSPS) is 15.7. The number of amides is 1. The number of nitrogens with one attached hydrogen (secondary N) is 2. The van der Waals surface area contributed by atoms with E-state index in [1.54, 1.807) is 18.5 Å². The summed E-state index contributed by atoms with van der Waals surface area (Å²) in [6.07, 6.45) is 4.82. The summed E-state index contributed by atoms with van der Waals surface area (Å²) in [6, 6.07) is 5.58. The number of hydrogen-bond acceptors (Lipinski definition) is 6. The molecule has 1 aromatic rings. The molecule has 0 aromatic carbocycles. The Hall–Kier alpha value is -2.43. The van der Waals surface area contributed by atoms with Crippen molar-refractivity contribution in [2.24, 2.45) is 0 Å². The molecule has 2 rings (SSSR count). The molecule has 0 bridgehead atoms. The maximum atomic E-state index is 12.0. The first-order valence-electron chi connectivity index (χ1n) is 7.60. The Morgan fingerprint density at radius 1 is 1.48 bits per heavy atom. The van der Waals surface area contributed by atoms with E-state index in [1.165, 1.54) is 6.20 Å². The van der Waals surface area contributed by atoms with Gasteiger partial charge in [0, 0.05) is 51.3 Å². The highest BCUT2D eigenvalue weighted by Gasteiger charge is 2.10. The second kappa shape index (κ2) is 9.56. The van der Waals surface area contributed by atoms with Gasteiger partial charge in [0.2, 0.25) is 0 Å². The number of carbonyl (C=O) groups is 1. The minimum atomic E-state index is -0.393. The maximum absolute atomic E-state index is 12.0. The average molecular weight is 315 g/mol. The quantitative estimate of drug-likeness (QED) is 0.419. The van der Waals surface area contributed by atoms with Crippen LogP contribution in [0.5, 0.6) is 0 Å². The summed E-state index contributed by atoms with van der Waals surface area (Å²) >= 11 is 0. The molecule has 1 saturated heterocycles. The number of nitriles is 1. The maximum Gasteiger partial charge on any atom is 0.263 e. The Labute approximate surface area is 135 Å². The molecular weight excluding hydrogens is 294 g/mol. The Morgan fingerprint density at radius 2 is 2.30 bits per heavy atom. The summed E-state index contributed by atoms with van der Waals surface area (Å²) in [6.45, 7) is 5.24. The topological polar surface area (TPSA) is 90.3 Å². The number of aromatic nitrogens is 1. The van der Waals surface area contributed by atoms with Crippen molar-refractivity contribution in [1.29, 1.82) is 5.26 Å². The molecule has 7 nitrogen and oxygen atoms in total. The van der Waals surface area contributed by atoms with Gasteiger partial charge in [0.1, 0.15) is 11.6 Å². The van der Waals surface area contributed by atoms with E-state index in [2.05, 4.69) is 20.5 Å². The molecule has 122 valence electrons. The smallest absolute Gasteiger partial charge is 0.263 e. The molecule has 0 saturated carbocycles. The van der Waals surface area contributed by atoms with Gasteiger partial charge in [0.15, 0.2) is 0 Å². The number of carbonyl (C=O) groups excluding carboxylic acids is 1. The van der Waals surface area contributed by atoms with E-state index >= 15 is 0 Å². The van der Waals surface area contributed by atoms with E-state index in [-0.39, 0.29) is 5.57 Å². The van der Waals surface area contributed by atoms with Crippen LogP contribution in [0.25, 0.3) is 0 Å². The second-order valence-corrected chi connectivity index (χ2v) is 5.12. The number of nitrogens with zero attached hydrogens (tertiary/aromatic N) is 3. The summed E-state index contributed by atoms with van der Waals surface area (Å²) in [5.41, 5.74) is 0.953. The molecule has 0 aliphatic carbocycles. The zero-order chi connectivity index (χ0) is 16.3. The summed E-state index contributed by atoms with van der Waals surface area (Å²) in [4.78, 5) is 18.2. The number of hydrogen-bond donors (Lipinski definition) is 2. The largest absolute Gasteiger partial charge is 0.388 e. The van der Waals surface area contributed by atoms with E-state index < -0.39 is 5.91 Å². The fourth-order valence-corrected chi connectivity index (χ4v) is 2.15. The molecule has 1 aliphatic heterocycles. The van der Waals surface area contributed by atoms with Gasteiger partial charge in [-0.05, 0) is 11.6 Å². The van der Waals surface area contributed by atoms with Crippen LogP contribution in [0.2, 0.25) is 0 Å². The summed E-state index contributed by atoms with van der Waals surface area (Å²) in [7, 11) is 0. The first kappa shape index (κ1) is 16.9. The Kier molecular flexibility index (Phi) is 7.04. The van der Waals surface area contributed by atoms with Crippen molar-refractivity contribution >= 4 is 5.91 Å². The third-order valence-corrected chi connectivity index (χ3v) is 3.46. The zero-order valence-corrected chi connectivity index (χ0v) is 13.0. The lowest BCUT2D eigenvalue weighted by Crippen LogP contribution is -2.39. The van der Waals surface area contributed by atoms with Crippen molar-refractivity contribution in [3.63, 3.8) is 0 Å². The van der Waals surface area contributed by atoms with Crippen LogP contribution >= 0.6 is 0 Å². The van der Waals surface area contributed by atoms with Crippen LogP contribution in [0, 0.1) is 11.3 Å². The third-order valence-electron chi connectivity index (χ3n) is 3.46. The van der Waals surface area contributed by atoms with E-state index in [0.29, 0.717) is 13.1 Å². The standard InChI is InChI=1S/C16H21N5O2/c17-10-15(13-19-4-5-21-6-8-23-9-7-21)16(22)20-12-14-2-1-3-18-11-14/h1-3,11,13,19H,4-9,12H2,(H,20,22)/b15-13-. The van der Waals surface area contributed by atoms with Crippen LogP contribution in [0.3, 0.4) is 0 Å². The molecule has 0 radical (unpaired) electrons. The van der Waals surface area contributed by atoms with Crippen LogP contribution in [0.4, 0.5) is 0 Å². The van der Waals surface area contributed by atoms with Gasteiger partial charge in [0.25, 0.3) is 5.91 Å². The van der Waals surface area contributed by atoms with Crippen LogP contribution in [0.1, 0.15) is 5.56 Å². The summed E-state index contributed by atoms with van der Waals surface area (Å²) in [5, 5.41) is 14.8. The summed E-state index contributed by atoms with van der Waals surface area (Å²) < 4.78 is 5.28. The average Bonchev–Trinajstić information content (AvgIpc) is 2.61. The van der Waals surface area contributed by atoms with E-state index in [1.807, 2.05) is 12.1 Å². The number of ether oxygens (including phenoxy) is 1. The van der Waals surface area contributed by atoms with Gasteiger partial charge in [-0.25, -0.2) is 0 Å². The van der Waals surface area contributed by atoms with Gasteiger partial charge < -0.3 is 15.4 Å². The molecule has 23 heavy (non-hydrogen) atoms. The highest BCUT2D eigenvalue weighted by molar-refractivity contribution is 5.97. The van der Waals surface area contributed by atoms with Crippen molar-refractivity contribution in [3.05, 3.63) is 41.9 Å². The van der Waals surface area contributed by atoms with Crippen molar-refractivity contribution in [1.82, 2.24) is 20.5 Å². The highest BCUT2D eigenvalue weighted by atomic mass is 16.5. The molecule has 2 N–H and O–H groups in total. The predicted octanol–water partition coefficient (Wildman–Crippen LogP) is 0.0271. The van der Waals surface area contributed by atoms with Crippen molar-refractivity contribution < 1.29 is 9.53 Å². The lowest BCUT2D eigenvalue weighted by Gasteiger charge is -2.26. The molecule has 1 aliphatic rings. The fraction of sp³-hybridized carbons (Fsp3) is 0.438. The molecule has 0 unspecified atom stereocenters. The van der Waals surface area contributed by atoms with Crippen molar-refractivity contribution in [3.8, 4) is 6.07 Å². The van der Waals surface area contributed by atoms with Crippen LogP contribution in [0.15, 0.2) is 36.3 Å². The van der Waals surface area contributed by atoms with E-state index in [4.69, 9.17) is 10.00 Å². The highest BCUT2D eigenvalue weighted by Crippen LogP contribution is 1.98. The molecule has 2 heterocycles. The number of morpholine rings is 1. The molecule has 0 spiro atoms. The molecule has 0 atom stereocenters. The Bertz CT molecular complexity index is 562. The summed E-state index contributed by atoms with van der Waals surface area (Å²) in [5.74, 6) is -0.393. The minimum absolute atomic E-state index is 0.0656. The van der Waals surface area contributed by atoms with Gasteiger partial charge in [-0.3, -0.25) is 14.7 Å². The van der Waals surface area contributed by atoms with Crippen molar-refractivity contribution in [2.45, 2.75) is 6.54 Å². The van der Waals surface area contributed by atoms with E-state index in [9.17, 15) is 4.79 Å². The minimum Gasteiger partial charge on any atom is -0.388 e. The number of rotatable bonds is 7. The SMILES string of the molecule is N#C/C(=C/NCCN1CCOCC1)C(=O)NCc1cccnc1. The van der Waals surface area contributed by atoms with Gasteiger partial charge in [0.05, 0.1) is 13.2 Å². The second-order valence-electron chi connectivity index (χ2n) is 5.12. The van der Waals surface area contributed by atoms with Gasteiger partial charge in [-0.2, -0.15) is 5.26 Å². The lowest BCUT2D eigenvalue weighted by atomic mass is 10.2. The predicted molar refractivity (Wildman–Crippen MR) is 85.0 cm³/mol. The van der Waals surface area contributed by atoms with Crippen molar-refractivity contribution in [2.75, 3.05) is 39.4 Å². The van der Waals surface area contributed by atoms with E-state index in [0.717, 1.165) is 38.4 Å². The van der Waals surface area contributed by atoms with Crippen LogP contribution in [-0.2, 0) is 16.1 Å². The Balaban J connectivity index is 1.72. The molecule has 1 fully saturated rings. The van der Waals surface area contributed by atoms with Gasteiger partial charge in [-0.15, -0.1) is 0 Å². The monoisotopic (exact) mass is 315 g/mol. The molecule has 7 heteroatoms.